The number of benzene rings is 2. The van der Waals surface area contributed by atoms with E-state index in [0.29, 0.717) is 23.3 Å². The Kier molecular flexibility index (Phi) is 8.14. The molecule has 1 N–H and O–H groups in total. The van der Waals surface area contributed by atoms with Crippen molar-refractivity contribution < 1.29 is 48.6 Å². The fraction of sp³-hybridized carbons (Fsp3) is 0.208. The van der Waals surface area contributed by atoms with Gasteiger partial charge in [-0.25, -0.2) is 21.7 Å². The normalized spacial score (nSPS) is 17.8. The fourth-order valence-corrected chi connectivity index (χ4v) is 6.42. The number of anilines is 1. The summed E-state index contributed by atoms with van der Waals surface area (Å²) in [7, 11) is -9.31. The van der Waals surface area contributed by atoms with Crippen molar-refractivity contribution in [3.8, 4) is 12.1 Å². The summed E-state index contributed by atoms with van der Waals surface area (Å²) in [5.41, 5.74) is -3.58. The van der Waals surface area contributed by atoms with Crippen molar-refractivity contribution in [2.45, 2.75) is 30.2 Å². The number of alkyl halides is 6. The van der Waals surface area contributed by atoms with E-state index in [1.807, 2.05) is 0 Å². The second-order valence-electron chi connectivity index (χ2n) is 8.71. The lowest BCUT2D eigenvalue weighted by Gasteiger charge is -2.41. The van der Waals surface area contributed by atoms with Gasteiger partial charge in [-0.1, -0.05) is 12.1 Å². The van der Waals surface area contributed by atoms with E-state index in [2.05, 4.69) is 5.87 Å². The Bertz CT molecular complexity index is 1820. The number of halogens is 6. The van der Waals surface area contributed by atoms with Crippen LogP contribution in [-0.2, 0) is 30.7 Å². The van der Waals surface area contributed by atoms with E-state index < -0.39 is 77.3 Å². The van der Waals surface area contributed by atoms with Gasteiger partial charge in [-0.15, -0.1) is 0 Å². The van der Waals surface area contributed by atoms with Gasteiger partial charge in [0.2, 0.25) is 10.0 Å². The number of allylic oxidation sites excluding steroid dienone is 1. The van der Waals surface area contributed by atoms with Crippen LogP contribution in [0.2, 0.25) is 0 Å². The summed E-state index contributed by atoms with van der Waals surface area (Å²) >= 11 is 0. The Labute approximate surface area is 235 Å². The first-order valence-corrected chi connectivity index (χ1v) is 14.6. The van der Waals surface area contributed by atoms with Crippen LogP contribution in [0.15, 0.2) is 58.6 Å². The zero-order valence-electron chi connectivity index (χ0n) is 21.2. The molecule has 3 rings (SSSR count). The minimum absolute atomic E-state index is 0.0603. The number of nitrogens with zero attached hydrogens (tertiary/aromatic N) is 4. The van der Waals surface area contributed by atoms with Gasteiger partial charge < -0.3 is 0 Å². The zero-order chi connectivity index (χ0) is 32.0. The van der Waals surface area contributed by atoms with Crippen LogP contribution >= 0.6 is 0 Å². The number of nitriles is 2. The topological polar surface area (TPSA) is 151 Å². The Morgan fingerprint density at radius 2 is 1.64 bits per heavy atom. The molecule has 0 aromatic heterocycles. The molecule has 2 atom stereocenters. The molecule has 0 saturated carbocycles. The van der Waals surface area contributed by atoms with Crippen LogP contribution in [-0.4, -0.2) is 47.2 Å². The molecule has 1 aliphatic heterocycles. The van der Waals surface area contributed by atoms with Crippen molar-refractivity contribution >= 4 is 43.2 Å². The van der Waals surface area contributed by atoms with Crippen LogP contribution in [0.1, 0.15) is 29.7 Å². The number of rotatable bonds is 5. The fourth-order valence-electron chi connectivity index (χ4n) is 4.05. The maximum atomic E-state index is 13.7. The highest BCUT2D eigenvalue weighted by Gasteiger charge is 2.47. The van der Waals surface area contributed by atoms with Crippen molar-refractivity contribution in [3.63, 3.8) is 0 Å². The number of amides is 3. The average molecular weight is 634 g/mol. The van der Waals surface area contributed by atoms with E-state index in [-0.39, 0.29) is 15.6 Å². The van der Waals surface area contributed by atoms with E-state index in [9.17, 15) is 59.1 Å². The van der Waals surface area contributed by atoms with E-state index in [4.69, 9.17) is 0 Å². The van der Waals surface area contributed by atoms with Crippen LogP contribution in [0.4, 0.5) is 36.8 Å². The lowest BCUT2D eigenvalue weighted by atomic mass is 9.94. The second kappa shape index (κ2) is 10.7. The summed E-state index contributed by atoms with van der Waals surface area (Å²) in [5.74, 6) is 0.418. The first-order valence-electron chi connectivity index (χ1n) is 11.1. The van der Waals surface area contributed by atoms with Crippen LogP contribution in [0.5, 0.6) is 0 Å². The molecule has 1 heterocycles. The second-order valence-corrected chi connectivity index (χ2v) is 12.6. The van der Waals surface area contributed by atoms with Gasteiger partial charge in [-0.05, 0) is 48.7 Å². The number of sulfonamides is 1. The highest BCUT2D eigenvalue weighted by Crippen LogP contribution is 2.43. The minimum Gasteiger partial charge on any atom is -0.271 e. The molecular formula is C24H17F6N5O5S2. The average Bonchev–Trinajstić information content (AvgIpc) is 2.86. The van der Waals surface area contributed by atoms with Crippen molar-refractivity contribution in [1.29, 1.82) is 10.5 Å². The van der Waals surface area contributed by atoms with Crippen molar-refractivity contribution in [3.05, 3.63) is 70.4 Å². The number of nitrogens with one attached hydrogen (secondary N) is 1. The molecule has 2 aromatic carbocycles. The number of carbonyl (C=O) groups is 2. The number of urea groups is 1. The van der Waals surface area contributed by atoms with Gasteiger partial charge in [0.05, 0.1) is 55.4 Å². The van der Waals surface area contributed by atoms with Gasteiger partial charge in [-0.3, -0.25) is 14.4 Å². The third-order valence-electron chi connectivity index (χ3n) is 5.83. The summed E-state index contributed by atoms with van der Waals surface area (Å²) in [6.07, 6.45) is -9.89. The third-order valence-corrected chi connectivity index (χ3v) is 8.49. The first-order chi connectivity index (χ1) is 19.1. The monoisotopic (exact) mass is 633 g/mol. The summed E-state index contributed by atoms with van der Waals surface area (Å²) in [5, 5.41) is 19.4. The van der Waals surface area contributed by atoms with Crippen molar-refractivity contribution in [2.75, 3.05) is 11.2 Å². The highest BCUT2D eigenvalue weighted by atomic mass is 32.2. The van der Waals surface area contributed by atoms with Gasteiger partial charge in [0.1, 0.15) is 6.04 Å². The summed E-state index contributed by atoms with van der Waals surface area (Å²) in [6, 6.07) is 5.55. The SMILES string of the molecule is C=S(=O)(NC(=O)C(F)(F)F)c1cc(C#N)ccc1C1C(C#N)=C(C)N(c2cccc(C(F)(F)F)c2)C(=O)N1S(C)(=O)=O. The molecular weight excluding hydrogens is 616 g/mol. The summed E-state index contributed by atoms with van der Waals surface area (Å²) < 4.78 is 120. The molecule has 18 heteroatoms. The highest BCUT2D eigenvalue weighted by molar-refractivity contribution is 7.99. The van der Waals surface area contributed by atoms with Crippen LogP contribution < -0.4 is 9.62 Å². The van der Waals surface area contributed by atoms with Gasteiger partial charge in [0.15, 0.2) is 0 Å². The smallest absolute Gasteiger partial charge is 0.271 e. The van der Waals surface area contributed by atoms with Gasteiger partial charge in [0, 0.05) is 5.70 Å². The third kappa shape index (κ3) is 6.04. The molecule has 42 heavy (non-hydrogen) atoms. The molecule has 1 aliphatic rings. The standard InChI is InChI=1S/C24H17F6N5O5S2/c1-13-18(12-32)20(17-8-7-14(11-31)9-19(17)41(2,38)33-21(36)24(28,29)30)35(42(3,39)40)22(37)34(13)16-6-4-5-15(10-16)23(25,26)27/h4-10,20H,2H2,1,3H3,(H,33,36,38). The van der Waals surface area contributed by atoms with Crippen molar-refractivity contribution in [2.24, 2.45) is 0 Å². The number of hydrogen-bond donors (Lipinski definition) is 1. The van der Waals surface area contributed by atoms with Crippen LogP contribution in [0.25, 0.3) is 0 Å². The molecule has 0 bridgehead atoms. The number of carbonyl (C=O) groups excluding carboxylic acids is 2. The first kappa shape index (κ1) is 32.0. The number of hydrogen-bond acceptors (Lipinski definition) is 7. The maximum Gasteiger partial charge on any atom is 0.472 e. The van der Waals surface area contributed by atoms with Gasteiger partial charge in [-0.2, -0.15) is 36.9 Å². The summed E-state index contributed by atoms with van der Waals surface area (Å²) in [6.45, 7) is 1.10. The van der Waals surface area contributed by atoms with E-state index in [1.54, 1.807) is 12.1 Å². The van der Waals surface area contributed by atoms with Gasteiger partial charge >= 0.3 is 24.3 Å². The van der Waals surface area contributed by atoms with E-state index >= 15 is 0 Å². The molecule has 0 aliphatic carbocycles. The molecule has 10 nitrogen and oxygen atoms in total. The Morgan fingerprint density at radius 3 is 2.14 bits per heavy atom. The Morgan fingerprint density at radius 1 is 1.02 bits per heavy atom. The molecule has 0 saturated heterocycles. The largest absolute Gasteiger partial charge is 0.472 e. The Hall–Kier alpha value is -4.55. The summed E-state index contributed by atoms with van der Waals surface area (Å²) in [4.78, 5) is 25.0. The molecule has 222 valence electrons. The molecule has 2 unspecified atom stereocenters. The van der Waals surface area contributed by atoms with Crippen molar-refractivity contribution in [1.82, 2.24) is 9.03 Å². The molecule has 2 aromatic rings. The van der Waals surface area contributed by atoms with Crippen LogP contribution in [0, 0.1) is 22.7 Å². The lowest BCUT2D eigenvalue weighted by molar-refractivity contribution is -0.171. The van der Waals surface area contributed by atoms with E-state index in [0.717, 1.165) is 37.3 Å². The van der Waals surface area contributed by atoms with Crippen LogP contribution in [0.3, 0.4) is 0 Å². The Balaban J connectivity index is 2.39. The molecule has 3 amide bonds. The quantitative estimate of drug-likeness (QED) is 0.386. The predicted molar refractivity (Wildman–Crippen MR) is 136 cm³/mol. The predicted octanol–water partition coefficient (Wildman–Crippen LogP) is 3.99. The molecule has 0 fully saturated rings. The minimum atomic E-state index is -5.54. The molecule has 0 spiro atoms. The van der Waals surface area contributed by atoms with Gasteiger partial charge in [0.25, 0.3) is 0 Å². The van der Waals surface area contributed by atoms with E-state index in [1.165, 1.54) is 4.72 Å². The maximum absolute atomic E-state index is 13.7. The molecule has 0 radical (unpaired) electrons. The zero-order valence-corrected chi connectivity index (χ0v) is 22.9. The lowest BCUT2D eigenvalue weighted by Crippen LogP contribution is -2.52.